The fourth-order valence-electron chi connectivity index (χ4n) is 4.33. The molecule has 160 valence electrons. The van der Waals surface area contributed by atoms with E-state index < -0.39 is 0 Å². The molecule has 0 saturated carbocycles. The average molecular weight is 401 g/mol. The van der Waals surface area contributed by atoms with Gasteiger partial charge in [-0.3, -0.25) is 5.32 Å². The number of amides is 1. The lowest BCUT2D eigenvalue weighted by Gasteiger charge is -2.32. The van der Waals surface area contributed by atoms with Crippen LogP contribution in [0.15, 0.2) is 22.6 Å². The van der Waals surface area contributed by atoms with Crippen LogP contribution >= 0.6 is 0 Å². The number of piperidine rings is 1. The van der Waals surface area contributed by atoms with Crippen LogP contribution in [-0.4, -0.2) is 37.2 Å². The molecule has 0 spiro atoms. The number of furan rings is 1. The van der Waals surface area contributed by atoms with Crippen molar-refractivity contribution in [3.05, 3.63) is 29.5 Å². The third-order valence-corrected chi connectivity index (χ3v) is 5.79. The van der Waals surface area contributed by atoms with E-state index in [-0.39, 0.29) is 6.09 Å². The highest BCUT2D eigenvalue weighted by atomic mass is 16.5. The molecule has 0 aliphatic carbocycles. The summed E-state index contributed by atoms with van der Waals surface area (Å²) >= 11 is 0. The fourth-order valence-corrected chi connectivity index (χ4v) is 4.33. The van der Waals surface area contributed by atoms with Crippen LogP contribution in [0.25, 0.3) is 11.0 Å². The van der Waals surface area contributed by atoms with Crippen LogP contribution in [0.3, 0.4) is 0 Å². The van der Waals surface area contributed by atoms with Crippen LogP contribution in [0.2, 0.25) is 0 Å². The summed E-state index contributed by atoms with van der Waals surface area (Å²) in [7, 11) is 0. The van der Waals surface area contributed by atoms with Gasteiger partial charge in [0.2, 0.25) is 0 Å². The van der Waals surface area contributed by atoms with Gasteiger partial charge < -0.3 is 14.1 Å². The summed E-state index contributed by atoms with van der Waals surface area (Å²) in [6.45, 7) is 10.5. The van der Waals surface area contributed by atoms with Crippen molar-refractivity contribution in [1.29, 1.82) is 0 Å². The predicted molar refractivity (Wildman–Crippen MR) is 119 cm³/mol. The first-order valence-electron chi connectivity index (χ1n) is 11.4. The molecule has 29 heavy (non-hydrogen) atoms. The maximum absolute atomic E-state index is 12.1. The van der Waals surface area contributed by atoms with Gasteiger partial charge in [-0.15, -0.1) is 0 Å². The van der Waals surface area contributed by atoms with E-state index in [1.165, 1.54) is 31.4 Å². The van der Waals surface area contributed by atoms with Gasteiger partial charge >= 0.3 is 6.09 Å². The zero-order valence-electron chi connectivity index (χ0n) is 18.3. The summed E-state index contributed by atoms with van der Waals surface area (Å²) in [5, 5.41) is 4.02. The van der Waals surface area contributed by atoms with Crippen molar-refractivity contribution in [1.82, 2.24) is 4.90 Å². The van der Waals surface area contributed by atoms with E-state index in [1.54, 1.807) is 0 Å². The Labute approximate surface area is 174 Å². The first kappa shape index (κ1) is 21.7. The van der Waals surface area contributed by atoms with Crippen molar-refractivity contribution in [2.75, 3.05) is 31.6 Å². The van der Waals surface area contributed by atoms with Crippen LogP contribution in [-0.2, 0) is 11.2 Å². The molecule has 1 aromatic carbocycles. The van der Waals surface area contributed by atoms with Gasteiger partial charge in [-0.1, -0.05) is 27.2 Å². The third-order valence-electron chi connectivity index (χ3n) is 5.79. The summed E-state index contributed by atoms with van der Waals surface area (Å²) in [6, 6.07) is 5.94. The maximum Gasteiger partial charge on any atom is 0.411 e. The molecular formula is C24H36N2O3. The highest BCUT2D eigenvalue weighted by Gasteiger charge is 2.26. The summed E-state index contributed by atoms with van der Waals surface area (Å²) in [6.07, 6.45) is 7.08. The summed E-state index contributed by atoms with van der Waals surface area (Å²) < 4.78 is 11.5. The molecule has 3 rings (SSSR count). The maximum atomic E-state index is 12.1. The summed E-state index contributed by atoms with van der Waals surface area (Å²) in [4.78, 5) is 14.6. The quantitative estimate of drug-likeness (QED) is 0.500. The molecule has 2 aromatic rings. The minimum absolute atomic E-state index is 0.385. The number of anilines is 1. The number of unbranched alkanes of at least 4 members (excludes halogenated alkanes) is 1. The zero-order valence-corrected chi connectivity index (χ0v) is 18.3. The number of fused-ring (bicyclic) bond motifs is 1. The van der Waals surface area contributed by atoms with E-state index in [2.05, 4.69) is 37.1 Å². The van der Waals surface area contributed by atoms with Gasteiger partial charge in [0.1, 0.15) is 11.3 Å². The van der Waals surface area contributed by atoms with E-state index >= 15 is 0 Å². The topological polar surface area (TPSA) is 54.7 Å². The van der Waals surface area contributed by atoms with E-state index in [0.29, 0.717) is 12.5 Å². The van der Waals surface area contributed by atoms with Crippen LogP contribution < -0.4 is 5.32 Å². The van der Waals surface area contributed by atoms with Gasteiger partial charge in [0.15, 0.2) is 0 Å². The molecule has 1 aliphatic rings. The molecule has 5 nitrogen and oxygen atoms in total. The van der Waals surface area contributed by atoms with Crippen molar-refractivity contribution in [3.63, 3.8) is 0 Å². The molecule has 0 radical (unpaired) electrons. The predicted octanol–water partition coefficient (Wildman–Crippen LogP) is 6.32. The molecule has 1 aliphatic heterocycles. The van der Waals surface area contributed by atoms with Crippen molar-refractivity contribution in [3.8, 4) is 0 Å². The number of carbonyl (C=O) groups excluding carboxylic acids is 1. The van der Waals surface area contributed by atoms with Crippen LogP contribution in [0.1, 0.15) is 76.5 Å². The Morgan fingerprint density at radius 3 is 2.66 bits per heavy atom. The number of benzene rings is 1. The van der Waals surface area contributed by atoms with Gasteiger partial charge in [-0.05, 0) is 75.9 Å². The molecule has 1 fully saturated rings. The molecule has 1 amide bonds. The lowest BCUT2D eigenvalue weighted by Crippen LogP contribution is -2.33. The largest absolute Gasteiger partial charge is 0.461 e. The van der Waals surface area contributed by atoms with Gasteiger partial charge in [-0.2, -0.15) is 0 Å². The number of likely N-dealkylation sites (tertiary alicyclic amines) is 1. The first-order chi connectivity index (χ1) is 14.2. The Morgan fingerprint density at radius 1 is 1.17 bits per heavy atom. The molecule has 1 saturated heterocycles. The number of hydrogen-bond acceptors (Lipinski definition) is 4. The third kappa shape index (κ3) is 5.53. The number of aryl methyl sites for hydroxylation is 1. The second kappa shape index (κ2) is 10.7. The smallest absolute Gasteiger partial charge is 0.411 e. The van der Waals surface area contributed by atoms with E-state index in [1.807, 2.05) is 12.1 Å². The van der Waals surface area contributed by atoms with Crippen molar-refractivity contribution in [2.45, 2.75) is 71.6 Å². The number of nitrogens with zero attached hydrogens (tertiary/aromatic N) is 1. The molecule has 1 aromatic heterocycles. The number of nitrogens with one attached hydrogen (secondary N) is 1. The van der Waals surface area contributed by atoms with E-state index in [4.69, 9.17) is 9.15 Å². The van der Waals surface area contributed by atoms with Gasteiger partial charge in [0.05, 0.1) is 6.61 Å². The van der Waals surface area contributed by atoms with Crippen LogP contribution in [0, 0.1) is 0 Å². The van der Waals surface area contributed by atoms with E-state index in [9.17, 15) is 4.79 Å². The van der Waals surface area contributed by atoms with Gasteiger partial charge in [-0.25, -0.2) is 4.79 Å². The Bertz CT molecular complexity index is 791. The fraction of sp³-hybridized carbons (Fsp3) is 0.625. The Morgan fingerprint density at radius 2 is 1.97 bits per heavy atom. The highest BCUT2D eigenvalue weighted by Crippen LogP contribution is 2.39. The Hall–Kier alpha value is -2.01. The number of ether oxygens (including phenoxy) is 1. The monoisotopic (exact) mass is 400 g/mol. The molecular weight excluding hydrogens is 364 g/mol. The van der Waals surface area contributed by atoms with Gasteiger partial charge in [0, 0.05) is 23.1 Å². The molecule has 2 heterocycles. The minimum Gasteiger partial charge on any atom is -0.461 e. The van der Waals surface area contributed by atoms with Crippen LogP contribution in [0.4, 0.5) is 10.5 Å². The number of rotatable bonds is 9. The second-order valence-corrected chi connectivity index (χ2v) is 8.13. The molecule has 5 heteroatoms. The normalized spacial score (nSPS) is 15.7. The lowest BCUT2D eigenvalue weighted by atomic mass is 9.86. The van der Waals surface area contributed by atoms with Gasteiger partial charge in [0.25, 0.3) is 0 Å². The summed E-state index contributed by atoms with van der Waals surface area (Å²) in [5.74, 6) is 1.65. The number of hydrogen-bond donors (Lipinski definition) is 1. The lowest BCUT2D eigenvalue weighted by molar-refractivity contribution is 0.160. The zero-order chi connectivity index (χ0) is 20.6. The van der Waals surface area contributed by atoms with E-state index in [0.717, 1.165) is 61.2 Å². The summed E-state index contributed by atoms with van der Waals surface area (Å²) in [5.41, 5.74) is 3.05. The highest BCUT2D eigenvalue weighted by molar-refractivity contribution is 5.91. The minimum atomic E-state index is -0.385. The first-order valence-corrected chi connectivity index (χ1v) is 11.4. The SMILES string of the molecule is CCCCOC(=O)Nc1ccc2oc(CCC)c(C3CCN(CCC)CC3)c2c1. The van der Waals surface area contributed by atoms with Crippen molar-refractivity contribution in [2.24, 2.45) is 0 Å². The molecule has 0 unspecified atom stereocenters. The Kier molecular flexibility index (Phi) is 7.99. The standard InChI is InChI=1S/C24H36N2O3/c1-4-7-16-28-24(27)25-19-9-10-21-20(17-19)23(22(29-21)8-5-2)18-11-14-26(13-6-3)15-12-18/h9-10,17-18H,4-8,11-16H2,1-3H3,(H,25,27). The average Bonchev–Trinajstić information content (AvgIpc) is 3.07. The second-order valence-electron chi connectivity index (χ2n) is 8.13. The molecule has 1 N–H and O–H groups in total. The molecule has 0 bridgehead atoms. The van der Waals surface area contributed by atoms with Crippen LogP contribution in [0.5, 0.6) is 0 Å². The number of carbonyl (C=O) groups is 1. The Balaban J connectivity index is 1.81. The molecule has 0 atom stereocenters. The van der Waals surface area contributed by atoms with Crippen molar-refractivity contribution >= 4 is 22.7 Å². The van der Waals surface area contributed by atoms with Crippen molar-refractivity contribution < 1.29 is 13.9 Å².